The highest BCUT2D eigenvalue weighted by Crippen LogP contribution is 2.45. The number of alkyl carbamates (subject to hydrolysis) is 1. The Kier molecular flexibility index (Phi) is 6.06. The maximum atomic E-state index is 13.0. The zero-order valence-electron chi connectivity index (χ0n) is 20.4. The lowest BCUT2D eigenvalue weighted by Gasteiger charge is -2.44. The van der Waals surface area contributed by atoms with E-state index in [0.717, 1.165) is 54.9 Å². The smallest absolute Gasteiger partial charge is 0.407 e. The number of nitrogens with one attached hydrogen (secondary N) is 1. The van der Waals surface area contributed by atoms with Crippen LogP contribution < -0.4 is 19.5 Å². The quantitative estimate of drug-likeness (QED) is 0.692. The first kappa shape index (κ1) is 22.8. The molecule has 1 unspecified atom stereocenters. The van der Waals surface area contributed by atoms with Gasteiger partial charge in [-0.3, -0.25) is 4.90 Å². The van der Waals surface area contributed by atoms with Crippen LogP contribution in [0, 0.1) is 11.3 Å². The van der Waals surface area contributed by atoms with E-state index < -0.39 is 0 Å². The van der Waals surface area contributed by atoms with E-state index in [4.69, 9.17) is 18.9 Å². The molecule has 0 saturated carbocycles. The van der Waals surface area contributed by atoms with Crippen molar-refractivity contribution < 1.29 is 23.7 Å². The van der Waals surface area contributed by atoms with E-state index in [2.05, 4.69) is 30.1 Å². The Labute approximate surface area is 201 Å². The molecule has 0 radical (unpaired) electrons. The summed E-state index contributed by atoms with van der Waals surface area (Å²) in [6.07, 6.45) is 1.87. The Hall–Kier alpha value is -2.93. The van der Waals surface area contributed by atoms with E-state index in [1.807, 2.05) is 30.3 Å². The average molecular weight is 467 g/mol. The summed E-state index contributed by atoms with van der Waals surface area (Å²) < 4.78 is 22.9. The fourth-order valence-electron chi connectivity index (χ4n) is 5.47. The number of hydrogen-bond acceptors (Lipinski definition) is 6. The van der Waals surface area contributed by atoms with Crippen LogP contribution in [0.3, 0.4) is 0 Å². The van der Waals surface area contributed by atoms with Gasteiger partial charge in [0, 0.05) is 17.5 Å². The number of rotatable bonds is 5. The standard InChI is InChI=1S/C27H34N2O5/c1-27(2)16-33-22-13-18(19-6-8-21(31-3)23(14-19)32-4)5-7-20(22)25(27)28-26(30)34-24-15-29-11-9-17(24)10-12-29/h5-8,13-14,17,24-25H,9-12,15-16H2,1-4H3,(H,28,30)/t24-,25?/m0/s1. The van der Waals surface area contributed by atoms with E-state index in [9.17, 15) is 4.79 Å². The summed E-state index contributed by atoms with van der Waals surface area (Å²) in [6, 6.07) is 11.8. The van der Waals surface area contributed by atoms with Crippen molar-refractivity contribution >= 4 is 6.09 Å². The Morgan fingerprint density at radius 3 is 2.41 bits per heavy atom. The molecule has 6 rings (SSSR count). The Morgan fingerprint density at radius 2 is 1.74 bits per heavy atom. The number of nitrogens with zero attached hydrogens (tertiary/aromatic N) is 1. The SMILES string of the molecule is COc1ccc(-c2ccc3c(c2)OCC(C)(C)C3NC(=O)O[C@H]2CN3CCC2CC3)cc1OC. The molecule has 0 aromatic heterocycles. The van der Waals surface area contributed by atoms with Crippen LogP contribution in [-0.4, -0.2) is 57.6 Å². The van der Waals surface area contributed by atoms with Gasteiger partial charge < -0.3 is 24.3 Å². The number of benzene rings is 2. The number of ether oxygens (including phenoxy) is 4. The first-order chi connectivity index (χ1) is 16.4. The number of amides is 1. The molecule has 2 aromatic rings. The summed E-state index contributed by atoms with van der Waals surface area (Å²) in [5, 5.41) is 3.17. The normalized spacial score (nSPS) is 26.7. The lowest BCUT2D eigenvalue weighted by molar-refractivity contribution is -0.0361. The third-order valence-corrected chi connectivity index (χ3v) is 7.54. The molecule has 3 saturated heterocycles. The van der Waals surface area contributed by atoms with Crippen molar-refractivity contribution in [3.8, 4) is 28.4 Å². The van der Waals surface area contributed by atoms with E-state index >= 15 is 0 Å². The topological polar surface area (TPSA) is 69.3 Å². The third kappa shape index (κ3) is 4.29. The number of carbonyl (C=O) groups excluding carboxylic acids is 1. The van der Waals surface area contributed by atoms with Crippen LogP contribution in [0.25, 0.3) is 11.1 Å². The van der Waals surface area contributed by atoms with Crippen molar-refractivity contribution in [3.63, 3.8) is 0 Å². The van der Waals surface area contributed by atoms with Gasteiger partial charge in [-0.1, -0.05) is 32.0 Å². The van der Waals surface area contributed by atoms with Crippen molar-refractivity contribution in [2.45, 2.75) is 38.8 Å². The number of hydrogen-bond donors (Lipinski definition) is 1. The Morgan fingerprint density at radius 1 is 1.03 bits per heavy atom. The molecule has 2 aromatic carbocycles. The van der Waals surface area contributed by atoms with Gasteiger partial charge in [-0.2, -0.15) is 0 Å². The minimum atomic E-state index is -0.339. The second-order valence-corrected chi connectivity index (χ2v) is 10.3. The fraction of sp³-hybridized carbons (Fsp3) is 0.519. The second-order valence-electron chi connectivity index (χ2n) is 10.3. The van der Waals surface area contributed by atoms with Gasteiger partial charge in [0.25, 0.3) is 0 Å². The fourth-order valence-corrected chi connectivity index (χ4v) is 5.47. The molecular formula is C27H34N2O5. The minimum absolute atomic E-state index is 0.0163. The highest BCUT2D eigenvalue weighted by atomic mass is 16.6. The molecule has 1 amide bonds. The van der Waals surface area contributed by atoms with Crippen LogP contribution in [0.4, 0.5) is 4.79 Å². The molecule has 2 bridgehead atoms. The van der Waals surface area contributed by atoms with Crippen LogP contribution >= 0.6 is 0 Å². The van der Waals surface area contributed by atoms with Crippen molar-refractivity contribution in [1.82, 2.24) is 10.2 Å². The maximum absolute atomic E-state index is 13.0. The van der Waals surface area contributed by atoms with Crippen molar-refractivity contribution in [1.29, 1.82) is 0 Å². The predicted molar refractivity (Wildman–Crippen MR) is 130 cm³/mol. The Balaban J connectivity index is 1.36. The molecule has 1 N–H and O–H groups in total. The maximum Gasteiger partial charge on any atom is 0.407 e. The number of piperidine rings is 3. The highest BCUT2D eigenvalue weighted by Gasteiger charge is 2.41. The third-order valence-electron chi connectivity index (χ3n) is 7.54. The lowest BCUT2D eigenvalue weighted by Crippen LogP contribution is -2.53. The molecule has 0 spiro atoms. The monoisotopic (exact) mass is 466 g/mol. The lowest BCUT2D eigenvalue weighted by atomic mass is 9.78. The highest BCUT2D eigenvalue weighted by molar-refractivity contribution is 5.71. The van der Waals surface area contributed by atoms with E-state index in [1.165, 1.54) is 0 Å². The van der Waals surface area contributed by atoms with Crippen LogP contribution in [0.1, 0.15) is 38.3 Å². The van der Waals surface area contributed by atoms with Gasteiger partial charge in [0.2, 0.25) is 0 Å². The Bertz CT molecular complexity index is 1060. The predicted octanol–water partition coefficient (Wildman–Crippen LogP) is 4.65. The minimum Gasteiger partial charge on any atom is -0.493 e. The summed E-state index contributed by atoms with van der Waals surface area (Å²) in [4.78, 5) is 15.3. The van der Waals surface area contributed by atoms with Gasteiger partial charge in [-0.25, -0.2) is 4.79 Å². The molecule has 2 atom stereocenters. The molecule has 182 valence electrons. The summed E-state index contributed by atoms with van der Waals surface area (Å²) >= 11 is 0. The first-order valence-electron chi connectivity index (χ1n) is 12.1. The molecule has 4 aliphatic rings. The van der Waals surface area contributed by atoms with E-state index in [1.54, 1.807) is 14.2 Å². The summed E-state index contributed by atoms with van der Waals surface area (Å²) in [5.74, 6) is 2.62. The zero-order chi connectivity index (χ0) is 23.9. The molecule has 4 aliphatic heterocycles. The largest absolute Gasteiger partial charge is 0.493 e. The van der Waals surface area contributed by atoms with Crippen LogP contribution in [-0.2, 0) is 4.74 Å². The first-order valence-corrected chi connectivity index (χ1v) is 12.1. The van der Waals surface area contributed by atoms with Crippen LogP contribution in [0.5, 0.6) is 17.2 Å². The number of fused-ring (bicyclic) bond motifs is 4. The van der Waals surface area contributed by atoms with Crippen molar-refractivity contribution in [2.24, 2.45) is 11.3 Å². The summed E-state index contributed by atoms with van der Waals surface area (Å²) in [5.41, 5.74) is 2.70. The van der Waals surface area contributed by atoms with Gasteiger partial charge in [0.05, 0.1) is 26.9 Å². The van der Waals surface area contributed by atoms with Gasteiger partial charge in [-0.05, 0) is 61.2 Å². The molecular weight excluding hydrogens is 432 g/mol. The molecule has 7 nitrogen and oxygen atoms in total. The van der Waals surface area contributed by atoms with Crippen molar-refractivity contribution in [2.75, 3.05) is 40.5 Å². The van der Waals surface area contributed by atoms with Gasteiger partial charge in [-0.15, -0.1) is 0 Å². The molecule has 34 heavy (non-hydrogen) atoms. The summed E-state index contributed by atoms with van der Waals surface area (Å²) in [6.45, 7) is 7.80. The van der Waals surface area contributed by atoms with Crippen LogP contribution in [0.2, 0.25) is 0 Å². The average Bonchev–Trinajstić information content (AvgIpc) is 2.86. The van der Waals surface area contributed by atoms with E-state index in [0.29, 0.717) is 24.0 Å². The molecule has 7 heteroatoms. The molecule has 4 heterocycles. The molecule has 0 aliphatic carbocycles. The van der Waals surface area contributed by atoms with Gasteiger partial charge in [0.15, 0.2) is 11.5 Å². The number of carbonyl (C=O) groups is 1. The van der Waals surface area contributed by atoms with Gasteiger partial charge >= 0.3 is 6.09 Å². The van der Waals surface area contributed by atoms with Crippen molar-refractivity contribution in [3.05, 3.63) is 42.0 Å². The second kappa shape index (κ2) is 9.02. The van der Waals surface area contributed by atoms with E-state index in [-0.39, 0.29) is 23.7 Å². The summed E-state index contributed by atoms with van der Waals surface area (Å²) in [7, 11) is 3.26. The van der Waals surface area contributed by atoms with Crippen LogP contribution in [0.15, 0.2) is 36.4 Å². The molecule has 3 fully saturated rings. The van der Waals surface area contributed by atoms with Gasteiger partial charge in [0.1, 0.15) is 11.9 Å². The number of methoxy groups -OCH3 is 2. The zero-order valence-corrected chi connectivity index (χ0v) is 20.4.